The van der Waals surface area contributed by atoms with Crippen LogP contribution in [0.4, 0.5) is 0 Å². The minimum atomic E-state index is -0.737. The van der Waals surface area contributed by atoms with Crippen LogP contribution in [0, 0.1) is 22.7 Å². The second kappa shape index (κ2) is 11.6. The average Bonchev–Trinajstić information content (AvgIpc) is 2.38. The Hall–Kier alpha value is -1.85. The highest BCUT2D eigenvalue weighted by Gasteiger charge is 2.09. The van der Waals surface area contributed by atoms with Gasteiger partial charge in [-0.05, 0) is 12.8 Å². The zero-order valence-corrected chi connectivity index (χ0v) is 10.4. The lowest BCUT2D eigenvalue weighted by Gasteiger charge is -2.03. The highest BCUT2D eigenvalue weighted by molar-refractivity contribution is 5.93. The number of carbonyl (C=O) groups excluding carboxylic acids is 1. The van der Waals surface area contributed by atoms with Crippen LogP contribution in [0.25, 0.3) is 0 Å². The first-order valence-electron chi connectivity index (χ1n) is 6.04. The molecule has 0 aliphatic heterocycles. The lowest BCUT2D eigenvalue weighted by molar-refractivity contribution is -0.138. The van der Waals surface area contributed by atoms with Crippen molar-refractivity contribution in [3.05, 3.63) is 11.6 Å². The van der Waals surface area contributed by atoms with Crippen molar-refractivity contribution in [1.82, 2.24) is 0 Å². The third-order valence-electron chi connectivity index (χ3n) is 2.33. The van der Waals surface area contributed by atoms with Crippen LogP contribution in [0.5, 0.6) is 0 Å². The number of unbranched alkanes of at least 4 members (excludes halogenated alkanes) is 5. The van der Waals surface area contributed by atoms with E-state index in [0.717, 1.165) is 44.6 Å². The largest absolute Gasteiger partial charge is 0.462 e. The highest BCUT2D eigenvalue weighted by atomic mass is 16.5. The van der Waals surface area contributed by atoms with E-state index in [-0.39, 0.29) is 18.8 Å². The van der Waals surface area contributed by atoms with E-state index in [1.807, 2.05) is 0 Å². The molecule has 0 atom stereocenters. The molecule has 0 bridgehead atoms. The van der Waals surface area contributed by atoms with Gasteiger partial charge in [-0.15, -0.1) is 0 Å². The Balaban J connectivity index is 3.56. The van der Waals surface area contributed by atoms with Crippen molar-refractivity contribution in [1.29, 1.82) is 10.5 Å². The standard InChI is InChI=1S/C13H18N2O3/c14-8-7-12(11-15)13(17)18-10-6-4-2-1-3-5-9-16/h7,16H,1-6,9-10H2/b12-7-. The first-order chi connectivity index (χ1) is 8.76. The molecule has 0 fully saturated rings. The number of rotatable bonds is 9. The molecular formula is C13H18N2O3. The summed E-state index contributed by atoms with van der Waals surface area (Å²) in [4.78, 5) is 11.2. The Morgan fingerprint density at radius 1 is 1.11 bits per heavy atom. The smallest absolute Gasteiger partial charge is 0.349 e. The van der Waals surface area contributed by atoms with E-state index in [9.17, 15) is 4.79 Å². The molecule has 0 heterocycles. The van der Waals surface area contributed by atoms with Crippen molar-refractivity contribution in [2.24, 2.45) is 0 Å². The molecule has 5 nitrogen and oxygen atoms in total. The van der Waals surface area contributed by atoms with Gasteiger partial charge in [-0.25, -0.2) is 4.79 Å². The third-order valence-corrected chi connectivity index (χ3v) is 2.33. The van der Waals surface area contributed by atoms with Gasteiger partial charge in [0.2, 0.25) is 0 Å². The summed E-state index contributed by atoms with van der Waals surface area (Å²) in [5.74, 6) is -0.737. The number of nitriles is 2. The normalized spacial score (nSPS) is 10.5. The van der Waals surface area contributed by atoms with Gasteiger partial charge in [-0.1, -0.05) is 25.7 Å². The molecule has 0 radical (unpaired) electrons. The van der Waals surface area contributed by atoms with Crippen LogP contribution in [-0.2, 0) is 9.53 Å². The molecule has 0 unspecified atom stereocenters. The summed E-state index contributed by atoms with van der Waals surface area (Å²) in [7, 11) is 0. The van der Waals surface area contributed by atoms with Crippen LogP contribution in [0.3, 0.4) is 0 Å². The van der Waals surface area contributed by atoms with Crippen molar-refractivity contribution in [2.45, 2.75) is 38.5 Å². The quantitative estimate of drug-likeness (QED) is 0.291. The first-order valence-corrected chi connectivity index (χ1v) is 6.04. The van der Waals surface area contributed by atoms with E-state index in [1.165, 1.54) is 0 Å². The number of aliphatic hydroxyl groups excluding tert-OH is 1. The fourth-order valence-electron chi connectivity index (χ4n) is 1.36. The Bertz CT molecular complexity index is 350. The monoisotopic (exact) mass is 250 g/mol. The van der Waals surface area contributed by atoms with E-state index < -0.39 is 5.97 Å². The van der Waals surface area contributed by atoms with Crippen LogP contribution in [-0.4, -0.2) is 24.3 Å². The second-order valence-corrected chi connectivity index (χ2v) is 3.78. The molecule has 0 saturated carbocycles. The molecule has 0 aromatic rings. The van der Waals surface area contributed by atoms with Crippen molar-refractivity contribution in [2.75, 3.05) is 13.2 Å². The maximum absolute atomic E-state index is 11.2. The molecule has 0 aromatic heterocycles. The van der Waals surface area contributed by atoms with E-state index in [0.29, 0.717) is 0 Å². The number of ether oxygens (including phenoxy) is 1. The molecule has 0 rings (SSSR count). The number of nitrogens with zero attached hydrogens (tertiary/aromatic N) is 2. The van der Waals surface area contributed by atoms with Gasteiger partial charge in [-0.3, -0.25) is 0 Å². The molecule has 98 valence electrons. The SMILES string of the molecule is N#C/C=C(/C#N)C(=O)OCCCCCCCCO. The maximum atomic E-state index is 11.2. The van der Waals surface area contributed by atoms with Gasteiger partial charge in [0, 0.05) is 12.7 Å². The number of hydrogen-bond acceptors (Lipinski definition) is 5. The topological polar surface area (TPSA) is 94.1 Å². The van der Waals surface area contributed by atoms with Crippen molar-refractivity contribution >= 4 is 5.97 Å². The average molecular weight is 250 g/mol. The van der Waals surface area contributed by atoms with Gasteiger partial charge < -0.3 is 9.84 Å². The van der Waals surface area contributed by atoms with E-state index in [1.54, 1.807) is 12.1 Å². The van der Waals surface area contributed by atoms with Crippen molar-refractivity contribution in [3.8, 4) is 12.1 Å². The molecule has 0 saturated heterocycles. The van der Waals surface area contributed by atoms with Crippen molar-refractivity contribution in [3.63, 3.8) is 0 Å². The highest BCUT2D eigenvalue weighted by Crippen LogP contribution is 2.05. The maximum Gasteiger partial charge on any atom is 0.349 e. The minimum absolute atomic E-state index is 0.236. The van der Waals surface area contributed by atoms with Gasteiger partial charge in [0.15, 0.2) is 0 Å². The summed E-state index contributed by atoms with van der Waals surface area (Å²) < 4.78 is 4.85. The van der Waals surface area contributed by atoms with Crippen LogP contribution < -0.4 is 0 Å². The van der Waals surface area contributed by atoms with Gasteiger partial charge >= 0.3 is 5.97 Å². The molecule has 0 aliphatic carbocycles. The lowest BCUT2D eigenvalue weighted by Crippen LogP contribution is -2.07. The van der Waals surface area contributed by atoms with Gasteiger partial charge in [0.1, 0.15) is 11.6 Å². The Kier molecular flexibility index (Phi) is 10.4. The molecule has 0 aliphatic rings. The number of allylic oxidation sites excluding steroid dienone is 1. The second-order valence-electron chi connectivity index (χ2n) is 3.78. The number of hydrogen-bond donors (Lipinski definition) is 1. The van der Waals surface area contributed by atoms with Crippen molar-refractivity contribution < 1.29 is 14.6 Å². The predicted octanol–water partition coefficient (Wildman–Crippen LogP) is 1.84. The van der Waals surface area contributed by atoms with E-state index >= 15 is 0 Å². The van der Waals surface area contributed by atoms with Crippen LogP contribution in [0.15, 0.2) is 11.6 Å². The van der Waals surface area contributed by atoms with E-state index in [2.05, 4.69) is 0 Å². The summed E-state index contributed by atoms with van der Waals surface area (Å²) in [5.41, 5.74) is -0.263. The lowest BCUT2D eigenvalue weighted by atomic mass is 10.1. The summed E-state index contributed by atoms with van der Waals surface area (Å²) in [5, 5.41) is 25.5. The summed E-state index contributed by atoms with van der Waals surface area (Å²) >= 11 is 0. The Labute approximate surface area is 107 Å². The Morgan fingerprint density at radius 3 is 2.28 bits per heavy atom. The number of aliphatic hydroxyl groups is 1. The molecule has 0 aromatic carbocycles. The fraction of sp³-hybridized carbons (Fsp3) is 0.615. The zero-order valence-electron chi connectivity index (χ0n) is 10.4. The Morgan fingerprint density at radius 2 is 1.72 bits per heavy atom. The van der Waals surface area contributed by atoms with E-state index in [4.69, 9.17) is 20.4 Å². The third kappa shape index (κ3) is 8.32. The summed E-state index contributed by atoms with van der Waals surface area (Å²) in [6.07, 6.45) is 6.53. The number of esters is 1. The summed E-state index contributed by atoms with van der Waals surface area (Å²) in [6, 6.07) is 3.24. The van der Waals surface area contributed by atoms with Gasteiger partial charge in [-0.2, -0.15) is 10.5 Å². The van der Waals surface area contributed by atoms with Crippen LogP contribution in [0.2, 0.25) is 0 Å². The molecule has 0 amide bonds. The first kappa shape index (κ1) is 16.1. The zero-order chi connectivity index (χ0) is 13.6. The molecule has 5 heteroatoms. The molecule has 0 spiro atoms. The molecule has 1 N–H and O–H groups in total. The minimum Gasteiger partial charge on any atom is -0.462 e. The van der Waals surface area contributed by atoms with Crippen LogP contribution in [0.1, 0.15) is 38.5 Å². The number of carbonyl (C=O) groups is 1. The van der Waals surface area contributed by atoms with Crippen LogP contribution >= 0.6 is 0 Å². The van der Waals surface area contributed by atoms with Gasteiger partial charge in [0.05, 0.1) is 12.7 Å². The predicted molar refractivity (Wildman–Crippen MR) is 65.1 cm³/mol. The summed E-state index contributed by atoms with van der Waals surface area (Å²) in [6.45, 7) is 0.503. The fourth-order valence-corrected chi connectivity index (χ4v) is 1.36. The molecule has 18 heavy (non-hydrogen) atoms. The van der Waals surface area contributed by atoms with Gasteiger partial charge in [0.25, 0.3) is 0 Å². The molecular weight excluding hydrogens is 232 g/mol.